The van der Waals surface area contributed by atoms with Gasteiger partial charge in [0.05, 0.1) is 11.3 Å². The Kier molecular flexibility index (Phi) is 4.47. The number of hydrogen-bond donors (Lipinski definition) is 0. The molecule has 21 heavy (non-hydrogen) atoms. The Balaban J connectivity index is 1.64. The molecule has 2 aliphatic rings. The molecule has 0 aromatic carbocycles. The molecule has 0 bridgehead atoms. The first kappa shape index (κ1) is 14.8. The van der Waals surface area contributed by atoms with Crippen molar-refractivity contribution in [2.24, 2.45) is 0 Å². The molecule has 1 aliphatic carbocycles. The summed E-state index contributed by atoms with van der Waals surface area (Å²) in [5, 5.41) is 12.5. The van der Waals surface area contributed by atoms with Crippen molar-refractivity contribution in [3.05, 3.63) is 0 Å². The number of nitrogens with zero attached hydrogens (tertiary/aromatic N) is 5. The third-order valence-corrected chi connectivity index (χ3v) is 5.40. The molecule has 3 rings (SSSR count). The largest absolute Gasteiger partial charge is 0.339 e. The molecule has 2 unspecified atom stereocenters. The number of hydrogen-bond acceptors (Lipinski definition) is 5. The van der Waals surface area contributed by atoms with Crippen molar-refractivity contribution < 1.29 is 4.79 Å². The predicted octanol–water partition coefficient (Wildman–Crippen LogP) is 2.28. The Hall–Kier alpha value is -1.11. The smallest absolute Gasteiger partial charge is 0.236 e. The van der Waals surface area contributed by atoms with Crippen molar-refractivity contribution in [2.45, 2.75) is 74.9 Å². The zero-order chi connectivity index (χ0) is 14.8. The molecule has 2 atom stereocenters. The second kappa shape index (κ2) is 6.34. The maximum Gasteiger partial charge on any atom is 0.236 e. The molecular weight excluding hydrogens is 286 g/mol. The highest BCUT2D eigenvalue weighted by Gasteiger charge is 2.32. The van der Waals surface area contributed by atoms with Crippen LogP contribution in [0.2, 0.25) is 0 Å². The van der Waals surface area contributed by atoms with Gasteiger partial charge in [-0.3, -0.25) is 4.79 Å². The molecule has 1 aromatic rings. The van der Waals surface area contributed by atoms with E-state index in [0.717, 1.165) is 43.8 Å². The number of carbonyl (C=O) groups is 1. The summed E-state index contributed by atoms with van der Waals surface area (Å²) in [6, 6.07) is 0.858. The summed E-state index contributed by atoms with van der Waals surface area (Å²) in [4.78, 5) is 14.8. The standard InChI is InChI=1S/C14H23N5OS/c1-3-11-6-4-5-9-18(11)13(20)10(2)21-14-15-16-17-19(14)12-7-8-12/h10-12H,3-9H2,1-2H3. The van der Waals surface area contributed by atoms with Gasteiger partial charge in [0.1, 0.15) is 0 Å². The van der Waals surface area contributed by atoms with Crippen LogP contribution in [0.25, 0.3) is 0 Å². The molecule has 116 valence electrons. The summed E-state index contributed by atoms with van der Waals surface area (Å²) in [7, 11) is 0. The quantitative estimate of drug-likeness (QED) is 0.781. The van der Waals surface area contributed by atoms with Crippen molar-refractivity contribution in [2.75, 3.05) is 6.54 Å². The minimum Gasteiger partial charge on any atom is -0.339 e. The van der Waals surface area contributed by atoms with Crippen LogP contribution in [-0.4, -0.2) is 48.9 Å². The topological polar surface area (TPSA) is 63.9 Å². The lowest BCUT2D eigenvalue weighted by Crippen LogP contribution is -2.46. The minimum atomic E-state index is -0.124. The summed E-state index contributed by atoms with van der Waals surface area (Å²) in [6.07, 6.45) is 6.83. The van der Waals surface area contributed by atoms with E-state index >= 15 is 0 Å². The van der Waals surface area contributed by atoms with E-state index in [0.29, 0.717) is 12.1 Å². The van der Waals surface area contributed by atoms with Crippen LogP contribution in [0.15, 0.2) is 5.16 Å². The van der Waals surface area contributed by atoms with Crippen LogP contribution in [0, 0.1) is 0 Å². The van der Waals surface area contributed by atoms with Gasteiger partial charge in [0.15, 0.2) is 0 Å². The third-order valence-electron chi connectivity index (χ3n) is 4.37. The van der Waals surface area contributed by atoms with Gasteiger partial charge in [0.25, 0.3) is 0 Å². The Morgan fingerprint density at radius 1 is 1.38 bits per heavy atom. The maximum atomic E-state index is 12.7. The van der Waals surface area contributed by atoms with Crippen LogP contribution in [0.5, 0.6) is 0 Å². The summed E-state index contributed by atoms with van der Waals surface area (Å²) >= 11 is 1.50. The minimum absolute atomic E-state index is 0.124. The van der Waals surface area contributed by atoms with E-state index in [4.69, 9.17) is 0 Å². The molecule has 1 amide bonds. The number of likely N-dealkylation sites (tertiary alicyclic amines) is 1. The number of thioether (sulfide) groups is 1. The van der Waals surface area contributed by atoms with Gasteiger partial charge in [0.2, 0.25) is 11.1 Å². The van der Waals surface area contributed by atoms with Crippen molar-refractivity contribution in [1.82, 2.24) is 25.1 Å². The molecule has 2 heterocycles. The van der Waals surface area contributed by atoms with Crippen molar-refractivity contribution >= 4 is 17.7 Å². The van der Waals surface area contributed by atoms with Gasteiger partial charge in [-0.15, -0.1) is 5.10 Å². The number of tetrazole rings is 1. The molecule has 1 aromatic heterocycles. The number of rotatable bonds is 5. The molecule has 0 N–H and O–H groups in total. The molecule has 1 saturated heterocycles. The zero-order valence-corrected chi connectivity index (χ0v) is 13.6. The molecule has 1 saturated carbocycles. The normalized spacial score (nSPS) is 24.1. The van der Waals surface area contributed by atoms with E-state index in [1.807, 2.05) is 11.6 Å². The number of aromatic nitrogens is 4. The lowest BCUT2D eigenvalue weighted by atomic mass is 10.00. The molecule has 7 heteroatoms. The first-order chi connectivity index (χ1) is 10.2. The van der Waals surface area contributed by atoms with E-state index in [-0.39, 0.29) is 11.2 Å². The van der Waals surface area contributed by atoms with Crippen LogP contribution < -0.4 is 0 Å². The summed E-state index contributed by atoms with van der Waals surface area (Å²) in [6.45, 7) is 5.04. The van der Waals surface area contributed by atoms with Gasteiger partial charge in [-0.1, -0.05) is 18.7 Å². The second-order valence-electron chi connectivity index (χ2n) is 5.99. The third kappa shape index (κ3) is 3.22. The Bertz CT molecular complexity index is 501. The van der Waals surface area contributed by atoms with E-state index < -0.39 is 0 Å². The Morgan fingerprint density at radius 2 is 2.19 bits per heavy atom. The number of piperidine rings is 1. The van der Waals surface area contributed by atoms with Gasteiger partial charge >= 0.3 is 0 Å². The first-order valence-corrected chi connectivity index (χ1v) is 8.83. The van der Waals surface area contributed by atoms with Crippen LogP contribution in [0.1, 0.15) is 58.4 Å². The highest BCUT2D eigenvalue weighted by molar-refractivity contribution is 8.00. The van der Waals surface area contributed by atoms with E-state index in [9.17, 15) is 4.79 Å². The van der Waals surface area contributed by atoms with Crippen LogP contribution in [-0.2, 0) is 4.79 Å². The van der Waals surface area contributed by atoms with Crippen LogP contribution >= 0.6 is 11.8 Å². The van der Waals surface area contributed by atoms with Crippen LogP contribution in [0.4, 0.5) is 0 Å². The molecular formula is C14H23N5OS. The molecule has 0 radical (unpaired) electrons. The average molecular weight is 309 g/mol. The average Bonchev–Trinajstić information content (AvgIpc) is 3.26. The number of amides is 1. The Morgan fingerprint density at radius 3 is 2.90 bits per heavy atom. The Labute approximate surface area is 129 Å². The molecule has 2 fully saturated rings. The molecule has 1 aliphatic heterocycles. The predicted molar refractivity (Wildman–Crippen MR) is 81.1 cm³/mol. The summed E-state index contributed by atoms with van der Waals surface area (Å²) in [5.74, 6) is 0.233. The van der Waals surface area contributed by atoms with Gasteiger partial charge in [-0.05, 0) is 55.9 Å². The SMILES string of the molecule is CCC1CCCCN1C(=O)C(C)Sc1nnnn1C1CC1. The fourth-order valence-corrected chi connectivity index (χ4v) is 3.90. The van der Waals surface area contributed by atoms with Crippen molar-refractivity contribution in [3.63, 3.8) is 0 Å². The van der Waals surface area contributed by atoms with Gasteiger partial charge in [-0.25, -0.2) is 4.68 Å². The van der Waals surface area contributed by atoms with Gasteiger partial charge in [0, 0.05) is 12.6 Å². The fraction of sp³-hybridized carbons (Fsp3) is 0.857. The van der Waals surface area contributed by atoms with Crippen LogP contribution in [0.3, 0.4) is 0 Å². The monoisotopic (exact) mass is 309 g/mol. The van der Waals surface area contributed by atoms with E-state index in [2.05, 4.69) is 27.3 Å². The van der Waals surface area contributed by atoms with Crippen molar-refractivity contribution in [3.8, 4) is 0 Å². The van der Waals surface area contributed by atoms with Gasteiger partial charge in [-0.2, -0.15) is 0 Å². The second-order valence-corrected chi connectivity index (χ2v) is 7.29. The lowest BCUT2D eigenvalue weighted by Gasteiger charge is -2.36. The summed E-state index contributed by atoms with van der Waals surface area (Å²) < 4.78 is 1.88. The van der Waals surface area contributed by atoms with Crippen molar-refractivity contribution in [1.29, 1.82) is 0 Å². The summed E-state index contributed by atoms with van der Waals surface area (Å²) in [5.41, 5.74) is 0. The van der Waals surface area contributed by atoms with E-state index in [1.54, 1.807) is 0 Å². The molecule has 0 spiro atoms. The maximum absolute atomic E-state index is 12.7. The highest BCUT2D eigenvalue weighted by Crippen LogP contribution is 2.37. The first-order valence-electron chi connectivity index (χ1n) is 7.95. The number of carbonyl (C=O) groups excluding carboxylic acids is 1. The van der Waals surface area contributed by atoms with Gasteiger partial charge < -0.3 is 4.90 Å². The lowest BCUT2D eigenvalue weighted by molar-refractivity contribution is -0.134. The zero-order valence-electron chi connectivity index (χ0n) is 12.7. The fourth-order valence-electron chi connectivity index (χ4n) is 2.97. The highest BCUT2D eigenvalue weighted by atomic mass is 32.2. The molecule has 6 nitrogen and oxygen atoms in total. The van der Waals surface area contributed by atoms with E-state index in [1.165, 1.54) is 18.2 Å².